The maximum atomic E-state index is 12.2. The van der Waals surface area contributed by atoms with Gasteiger partial charge in [-0.05, 0) is 24.3 Å². The van der Waals surface area contributed by atoms with Gasteiger partial charge in [-0.15, -0.1) is 0 Å². The summed E-state index contributed by atoms with van der Waals surface area (Å²) in [6.45, 7) is 0. The predicted molar refractivity (Wildman–Crippen MR) is 76.1 cm³/mol. The van der Waals surface area contributed by atoms with Crippen LogP contribution >= 0.6 is 11.6 Å². The molecule has 102 valence electrons. The number of halogens is 1. The number of hydrogen-bond donors (Lipinski definition) is 2. The summed E-state index contributed by atoms with van der Waals surface area (Å²) in [5.41, 5.74) is 0.860. The van der Waals surface area contributed by atoms with E-state index in [0.717, 1.165) is 0 Å². The van der Waals surface area contributed by atoms with Gasteiger partial charge in [-0.3, -0.25) is 14.8 Å². The SMILES string of the molecule is O=S(=O)(Nc1ccc(Cl)c2cccnc12)c1cn[nH]c1. The molecule has 0 atom stereocenters. The molecule has 0 spiro atoms. The zero-order valence-electron chi connectivity index (χ0n) is 10.0. The zero-order valence-corrected chi connectivity index (χ0v) is 11.6. The topological polar surface area (TPSA) is 87.7 Å². The van der Waals surface area contributed by atoms with E-state index in [0.29, 0.717) is 21.6 Å². The molecule has 3 rings (SSSR count). The van der Waals surface area contributed by atoms with Crippen molar-refractivity contribution in [1.82, 2.24) is 15.2 Å². The summed E-state index contributed by atoms with van der Waals surface area (Å²) >= 11 is 6.07. The van der Waals surface area contributed by atoms with Crippen molar-refractivity contribution in [3.8, 4) is 0 Å². The summed E-state index contributed by atoms with van der Waals surface area (Å²) in [7, 11) is -3.70. The molecule has 0 aliphatic rings. The van der Waals surface area contributed by atoms with Crippen LogP contribution in [0.5, 0.6) is 0 Å². The van der Waals surface area contributed by atoms with Crippen LogP contribution in [0.25, 0.3) is 10.9 Å². The first-order valence-corrected chi connectivity index (χ1v) is 7.49. The highest BCUT2D eigenvalue weighted by molar-refractivity contribution is 7.92. The molecular weight excluding hydrogens is 300 g/mol. The van der Waals surface area contributed by atoms with Gasteiger partial charge in [-0.25, -0.2) is 8.42 Å². The minimum Gasteiger partial charge on any atom is -0.284 e. The highest BCUT2D eigenvalue weighted by Crippen LogP contribution is 2.29. The first-order valence-electron chi connectivity index (χ1n) is 5.63. The molecule has 2 heterocycles. The second-order valence-corrected chi connectivity index (χ2v) is 6.12. The summed E-state index contributed by atoms with van der Waals surface area (Å²) in [5, 5.41) is 7.28. The highest BCUT2D eigenvalue weighted by atomic mass is 35.5. The normalized spacial score (nSPS) is 11.7. The van der Waals surface area contributed by atoms with Gasteiger partial charge in [-0.1, -0.05) is 11.6 Å². The van der Waals surface area contributed by atoms with E-state index in [-0.39, 0.29) is 4.90 Å². The van der Waals surface area contributed by atoms with E-state index in [2.05, 4.69) is 19.9 Å². The number of rotatable bonds is 3. The van der Waals surface area contributed by atoms with Crippen LogP contribution in [-0.4, -0.2) is 23.6 Å². The maximum absolute atomic E-state index is 12.2. The van der Waals surface area contributed by atoms with E-state index in [1.165, 1.54) is 12.4 Å². The minimum absolute atomic E-state index is 0.0523. The van der Waals surface area contributed by atoms with Crippen LogP contribution in [0, 0.1) is 0 Å². The number of anilines is 1. The van der Waals surface area contributed by atoms with E-state index in [1.807, 2.05) is 0 Å². The molecule has 1 aromatic carbocycles. The van der Waals surface area contributed by atoms with E-state index in [1.54, 1.807) is 30.5 Å². The van der Waals surface area contributed by atoms with Gasteiger partial charge in [0.15, 0.2) is 0 Å². The van der Waals surface area contributed by atoms with Crippen molar-refractivity contribution in [3.05, 3.63) is 47.9 Å². The minimum atomic E-state index is -3.70. The molecule has 0 saturated heterocycles. The monoisotopic (exact) mass is 308 g/mol. The average Bonchev–Trinajstić information content (AvgIpc) is 2.97. The van der Waals surface area contributed by atoms with E-state index >= 15 is 0 Å². The smallest absolute Gasteiger partial charge is 0.265 e. The van der Waals surface area contributed by atoms with Gasteiger partial charge >= 0.3 is 0 Å². The number of H-pyrrole nitrogens is 1. The van der Waals surface area contributed by atoms with Crippen molar-refractivity contribution in [1.29, 1.82) is 0 Å². The lowest BCUT2D eigenvalue weighted by Gasteiger charge is -2.09. The average molecular weight is 309 g/mol. The van der Waals surface area contributed by atoms with Gasteiger partial charge in [0.25, 0.3) is 10.0 Å². The third-order valence-corrected chi connectivity index (χ3v) is 4.41. The van der Waals surface area contributed by atoms with Gasteiger partial charge in [-0.2, -0.15) is 5.10 Å². The Bertz CT molecular complexity index is 862. The van der Waals surface area contributed by atoms with Crippen molar-refractivity contribution in [2.45, 2.75) is 4.90 Å². The van der Waals surface area contributed by atoms with Crippen LogP contribution in [0.1, 0.15) is 0 Å². The molecule has 0 fully saturated rings. The summed E-state index contributed by atoms with van der Waals surface area (Å²) in [6.07, 6.45) is 4.11. The molecule has 0 unspecified atom stereocenters. The van der Waals surface area contributed by atoms with Gasteiger partial charge < -0.3 is 0 Å². The number of aromatic nitrogens is 3. The molecule has 0 amide bonds. The Morgan fingerprint density at radius 3 is 2.85 bits per heavy atom. The molecule has 8 heteroatoms. The lowest BCUT2D eigenvalue weighted by atomic mass is 10.2. The number of hydrogen-bond acceptors (Lipinski definition) is 4. The van der Waals surface area contributed by atoms with Gasteiger partial charge in [0, 0.05) is 17.8 Å². The first kappa shape index (κ1) is 12.9. The molecule has 20 heavy (non-hydrogen) atoms. The maximum Gasteiger partial charge on any atom is 0.265 e. The summed E-state index contributed by atoms with van der Waals surface area (Å²) < 4.78 is 26.8. The van der Waals surface area contributed by atoms with Crippen LogP contribution in [-0.2, 0) is 10.0 Å². The van der Waals surface area contributed by atoms with Crippen molar-refractivity contribution >= 4 is 38.2 Å². The van der Waals surface area contributed by atoms with Crippen molar-refractivity contribution < 1.29 is 8.42 Å². The number of benzene rings is 1. The number of aromatic amines is 1. The molecule has 3 aromatic rings. The Labute approximate surface area is 119 Å². The quantitative estimate of drug-likeness (QED) is 0.777. The molecule has 0 bridgehead atoms. The summed E-state index contributed by atoms with van der Waals surface area (Å²) in [5.74, 6) is 0. The van der Waals surface area contributed by atoms with Crippen LogP contribution in [0.4, 0.5) is 5.69 Å². The molecule has 0 saturated carbocycles. The number of nitrogens with zero attached hydrogens (tertiary/aromatic N) is 2. The van der Waals surface area contributed by atoms with Gasteiger partial charge in [0.2, 0.25) is 0 Å². The molecule has 0 aliphatic carbocycles. The summed E-state index contributed by atoms with van der Waals surface area (Å²) in [6, 6.07) is 6.72. The molecule has 6 nitrogen and oxygen atoms in total. The van der Waals surface area contributed by atoms with E-state index in [9.17, 15) is 8.42 Å². The van der Waals surface area contributed by atoms with E-state index in [4.69, 9.17) is 11.6 Å². The standard InChI is InChI=1S/C12H9ClN4O2S/c13-10-3-4-11(12-9(10)2-1-5-14-12)17-20(18,19)8-6-15-16-7-8/h1-7,17H,(H,15,16). The highest BCUT2D eigenvalue weighted by Gasteiger charge is 2.17. The molecular formula is C12H9ClN4O2S. The van der Waals surface area contributed by atoms with Crippen LogP contribution in [0.15, 0.2) is 47.8 Å². The van der Waals surface area contributed by atoms with Crippen LogP contribution in [0.3, 0.4) is 0 Å². The van der Waals surface area contributed by atoms with Gasteiger partial charge in [0.1, 0.15) is 4.90 Å². The Balaban J connectivity index is 2.11. The fourth-order valence-electron chi connectivity index (χ4n) is 1.81. The molecule has 0 radical (unpaired) electrons. The number of nitrogens with one attached hydrogen (secondary N) is 2. The number of pyridine rings is 1. The largest absolute Gasteiger partial charge is 0.284 e. The fraction of sp³-hybridized carbons (Fsp3) is 0. The van der Waals surface area contributed by atoms with Crippen LogP contribution in [0.2, 0.25) is 5.02 Å². The lowest BCUT2D eigenvalue weighted by Crippen LogP contribution is -2.12. The second-order valence-electron chi connectivity index (χ2n) is 4.03. The number of sulfonamides is 1. The third-order valence-electron chi connectivity index (χ3n) is 2.74. The molecule has 2 N–H and O–H groups in total. The molecule has 2 aromatic heterocycles. The Morgan fingerprint density at radius 2 is 2.10 bits per heavy atom. The zero-order chi connectivity index (χ0) is 14.2. The molecule has 0 aliphatic heterocycles. The Hall–Kier alpha value is -2.12. The second kappa shape index (κ2) is 4.77. The van der Waals surface area contributed by atoms with Crippen molar-refractivity contribution in [2.24, 2.45) is 0 Å². The Kier molecular flexibility index (Phi) is 3.07. The lowest BCUT2D eigenvalue weighted by molar-refractivity contribution is 0.601. The first-order chi connectivity index (χ1) is 9.58. The Morgan fingerprint density at radius 1 is 1.25 bits per heavy atom. The van der Waals surface area contributed by atoms with E-state index < -0.39 is 10.0 Å². The predicted octanol–water partition coefficient (Wildman–Crippen LogP) is 2.41. The fourth-order valence-corrected chi connectivity index (χ4v) is 3.00. The summed E-state index contributed by atoms with van der Waals surface area (Å²) in [4.78, 5) is 4.23. The van der Waals surface area contributed by atoms with Crippen LogP contribution < -0.4 is 4.72 Å². The third kappa shape index (κ3) is 2.21. The van der Waals surface area contributed by atoms with Crippen molar-refractivity contribution in [3.63, 3.8) is 0 Å². The van der Waals surface area contributed by atoms with Crippen molar-refractivity contribution in [2.75, 3.05) is 4.72 Å². The number of fused-ring (bicyclic) bond motifs is 1. The van der Waals surface area contributed by atoms with Gasteiger partial charge in [0.05, 0.1) is 22.4 Å².